The summed E-state index contributed by atoms with van der Waals surface area (Å²) in [5, 5.41) is 0. The fourth-order valence-corrected chi connectivity index (χ4v) is 7.63. The molecule has 2 heterocycles. The molecular weight excluding hydrogens is 462 g/mol. The molecule has 0 aromatic heterocycles. The first-order chi connectivity index (χ1) is 15.5. The Morgan fingerprint density at radius 2 is 1.61 bits per heavy atom. The van der Waals surface area contributed by atoms with E-state index < -0.39 is 31.4 Å². The number of hydrogen-bond acceptors (Lipinski definition) is 6. The van der Waals surface area contributed by atoms with Gasteiger partial charge in [0, 0.05) is 12.6 Å². The van der Waals surface area contributed by atoms with Gasteiger partial charge in [-0.3, -0.25) is 9.69 Å². The van der Waals surface area contributed by atoms with Gasteiger partial charge in [0.1, 0.15) is 0 Å². The Morgan fingerprint density at radius 3 is 2.15 bits per heavy atom. The van der Waals surface area contributed by atoms with Crippen molar-refractivity contribution in [3.05, 3.63) is 60.2 Å². The zero-order chi connectivity index (χ0) is 23.9. The molecule has 2 aromatic rings. The lowest BCUT2D eigenvalue weighted by atomic mass is 9.95. The maximum absolute atomic E-state index is 13.0. The second-order valence-corrected chi connectivity index (χ2v) is 12.8. The van der Waals surface area contributed by atoms with Crippen LogP contribution < -0.4 is 9.03 Å². The Labute approximate surface area is 195 Å². The standard InChI is InChI=1S/C23H29N3O5S2/c1-23(2)17-32(28,29)26(22(23)27)19-10-12-20(13-11-19)33(30,31)24-16-21(25-14-6-7-15-25)18-8-4-3-5-9-18/h3-5,8-13,21,24H,6-7,14-17H2,1-2H3/t21-/m1/s1. The van der Waals surface area contributed by atoms with Crippen molar-refractivity contribution in [1.82, 2.24) is 9.62 Å². The molecule has 0 bridgehead atoms. The summed E-state index contributed by atoms with van der Waals surface area (Å²) in [6.45, 7) is 5.23. The Bertz CT molecular complexity index is 1220. The van der Waals surface area contributed by atoms with E-state index in [4.69, 9.17) is 0 Å². The molecule has 0 spiro atoms. The smallest absolute Gasteiger partial charge is 0.247 e. The molecule has 0 radical (unpaired) electrons. The lowest BCUT2D eigenvalue weighted by molar-refractivity contribution is -0.123. The highest BCUT2D eigenvalue weighted by atomic mass is 32.2. The Morgan fingerprint density at radius 1 is 1.00 bits per heavy atom. The topological polar surface area (TPSA) is 104 Å². The number of rotatable bonds is 7. The van der Waals surface area contributed by atoms with E-state index in [-0.39, 0.29) is 28.9 Å². The number of sulfonamides is 2. The van der Waals surface area contributed by atoms with Gasteiger partial charge in [-0.2, -0.15) is 0 Å². The van der Waals surface area contributed by atoms with E-state index >= 15 is 0 Å². The van der Waals surface area contributed by atoms with Crippen molar-refractivity contribution in [3.63, 3.8) is 0 Å². The van der Waals surface area contributed by atoms with Crippen molar-refractivity contribution in [2.45, 2.75) is 37.6 Å². The monoisotopic (exact) mass is 491 g/mol. The number of carbonyl (C=O) groups is 1. The highest BCUT2D eigenvalue weighted by molar-refractivity contribution is 7.94. The molecule has 0 saturated carbocycles. The molecular formula is C23H29N3O5S2. The first-order valence-electron chi connectivity index (χ1n) is 11.0. The van der Waals surface area contributed by atoms with Crippen LogP contribution in [0.5, 0.6) is 0 Å². The number of benzene rings is 2. The van der Waals surface area contributed by atoms with E-state index in [0.717, 1.165) is 35.8 Å². The summed E-state index contributed by atoms with van der Waals surface area (Å²) >= 11 is 0. The van der Waals surface area contributed by atoms with Crippen molar-refractivity contribution in [2.75, 3.05) is 29.7 Å². The van der Waals surface area contributed by atoms with Crippen LogP contribution in [0.3, 0.4) is 0 Å². The second kappa shape index (κ2) is 8.83. The van der Waals surface area contributed by atoms with Crippen LogP contribution in [0.25, 0.3) is 0 Å². The second-order valence-electron chi connectivity index (χ2n) is 9.23. The average molecular weight is 492 g/mol. The van der Waals surface area contributed by atoms with Gasteiger partial charge in [0.05, 0.1) is 21.8 Å². The highest BCUT2D eigenvalue weighted by Crippen LogP contribution is 2.36. The molecule has 178 valence electrons. The average Bonchev–Trinajstić information content (AvgIpc) is 3.33. The zero-order valence-electron chi connectivity index (χ0n) is 18.8. The van der Waals surface area contributed by atoms with E-state index in [9.17, 15) is 21.6 Å². The maximum atomic E-state index is 13.0. The van der Waals surface area contributed by atoms with Gasteiger partial charge in [-0.25, -0.2) is 25.9 Å². The van der Waals surface area contributed by atoms with E-state index in [2.05, 4.69) is 9.62 Å². The minimum atomic E-state index is -3.83. The Balaban J connectivity index is 1.52. The van der Waals surface area contributed by atoms with Crippen LogP contribution in [0.15, 0.2) is 59.5 Å². The number of nitrogens with one attached hydrogen (secondary N) is 1. The molecule has 1 atom stereocenters. The molecule has 1 N–H and O–H groups in total. The molecule has 0 aliphatic carbocycles. The van der Waals surface area contributed by atoms with Crippen LogP contribution >= 0.6 is 0 Å². The predicted octanol–water partition coefficient (Wildman–Crippen LogP) is 2.50. The number of hydrogen-bond donors (Lipinski definition) is 1. The third kappa shape index (κ3) is 4.84. The lowest BCUT2D eigenvalue weighted by Gasteiger charge is -2.28. The zero-order valence-corrected chi connectivity index (χ0v) is 20.4. The first kappa shape index (κ1) is 23.9. The molecule has 2 aliphatic heterocycles. The van der Waals surface area contributed by atoms with Gasteiger partial charge < -0.3 is 0 Å². The van der Waals surface area contributed by atoms with Gasteiger partial charge in [0.15, 0.2) is 0 Å². The van der Waals surface area contributed by atoms with Gasteiger partial charge in [-0.1, -0.05) is 30.3 Å². The SMILES string of the molecule is CC1(C)CS(=O)(=O)N(c2ccc(S(=O)(=O)NC[C@H](c3ccccc3)N3CCCC3)cc2)C1=O. The molecule has 2 aromatic carbocycles. The normalized spacial score (nSPS) is 21.4. The molecule has 10 heteroatoms. The summed E-state index contributed by atoms with van der Waals surface area (Å²) in [6.07, 6.45) is 2.18. The van der Waals surface area contributed by atoms with Crippen LogP contribution in [0.4, 0.5) is 5.69 Å². The predicted molar refractivity (Wildman–Crippen MR) is 127 cm³/mol. The minimum absolute atomic E-state index is 0.0165. The van der Waals surface area contributed by atoms with Crippen LogP contribution in [-0.4, -0.2) is 53.0 Å². The number of amides is 1. The maximum Gasteiger partial charge on any atom is 0.247 e. The van der Waals surface area contributed by atoms with Gasteiger partial charge >= 0.3 is 0 Å². The van der Waals surface area contributed by atoms with E-state index in [1.807, 2.05) is 30.3 Å². The Hall–Kier alpha value is -2.27. The number of carbonyl (C=O) groups excluding carboxylic acids is 1. The van der Waals surface area contributed by atoms with Gasteiger partial charge in [0.2, 0.25) is 26.0 Å². The van der Waals surface area contributed by atoms with Gasteiger partial charge in [0.25, 0.3) is 0 Å². The molecule has 2 fully saturated rings. The Kier molecular flexibility index (Phi) is 6.38. The van der Waals surface area contributed by atoms with Crippen molar-refractivity contribution >= 4 is 31.6 Å². The minimum Gasteiger partial charge on any atom is -0.295 e. The van der Waals surface area contributed by atoms with Crippen LogP contribution in [0, 0.1) is 5.41 Å². The molecule has 1 amide bonds. The molecule has 2 aliphatic rings. The molecule has 0 unspecified atom stereocenters. The molecule has 2 saturated heterocycles. The van der Waals surface area contributed by atoms with E-state index in [0.29, 0.717) is 0 Å². The fraction of sp³-hybridized carbons (Fsp3) is 0.435. The van der Waals surface area contributed by atoms with Crippen molar-refractivity contribution in [2.24, 2.45) is 5.41 Å². The summed E-state index contributed by atoms with van der Waals surface area (Å²) in [7, 11) is -7.62. The molecule has 33 heavy (non-hydrogen) atoms. The van der Waals surface area contributed by atoms with Crippen molar-refractivity contribution in [3.8, 4) is 0 Å². The number of nitrogens with zero attached hydrogens (tertiary/aromatic N) is 2. The summed E-state index contributed by atoms with van der Waals surface area (Å²) in [6, 6.07) is 15.1. The molecule has 4 rings (SSSR count). The van der Waals surface area contributed by atoms with Gasteiger partial charge in [-0.15, -0.1) is 0 Å². The third-order valence-corrected chi connectivity index (χ3v) is 9.66. The largest absolute Gasteiger partial charge is 0.295 e. The van der Waals surface area contributed by atoms with Crippen LogP contribution in [0.2, 0.25) is 0 Å². The summed E-state index contributed by atoms with van der Waals surface area (Å²) in [5.41, 5.74) is 0.175. The summed E-state index contributed by atoms with van der Waals surface area (Å²) in [5.74, 6) is -0.801. The molecule has 8 nitrogen and oxygen atoms in total. The quantitative estimate of drug-likeness (QED) is 0.638. The number of anilines is 1. The highest BCUT2D eigenvalue weighted by Gasteiger charge is 2.49. The summed E-state index contributed by atoms with van der Waals surface area (Å²) < 4.78 is 54.4. The van der Waals surface area contributed by atoms with E-state index in [1.165, 1.54) is 24.3 Å². The van der Waals surface area contributed by atoms with Crippen LogP contribution in [0.1, 0.15) is 38.3 Å². The number of likely N-dealkylation sites (tertiary alicyclic amines) is 1. The first-order valence-corrected chi connectivity index (χ1v) is 14.1. The van der Waals surface area contributed by atoms with Crippen molar-refractivity contribution in [1.29, 1.82) is 0 Å². The third-order valence-electron chi connectivity index (χ3n) is 6.20. The lowest BCUT2D eigenvalue weighted by Crippen LogP contribution is -2.36. The van der Waals surface area contributed by atoms with Gasteiger partial charge in [-0.05, 0) is 69.6 Å². The van der Waals surface area contributed by atoms with Crippen LogP contribution in [-0.2, 0) is 24.8 Å². The summed E-state index contributed by atoms with van der Waals surface area (Å²) in [4.78, 5) is 14.9. The van der Waals surface area contributed by atoms with Crippen molar-refractivity contribution < 1.29 is 21.6 Å². The fourth-order valence-electron chi connectivity index (χ4n) is 4.48. The van der Waals surface area contributed by atoms with E-state index in [1.54, 1.807) is 13.8 Å².